The average Bonchev–Trinajstić information content (AvgIpc) is 2.88. The van der Waals surface area contributed by atoms with Gasteiger partial charge in [-0.15, -0.1) is 0 Å². The fourth-order valence-electron chi connectivity index (χ4n) is 3.29. The van der Waals surface area contributed by atoms with Gasteiger partial charge in [-0.25, -0.2) is 4.39 Å². The minimum atomic E-state index is -1.57. The highest BCUT2D eigenvalue weighted by atomic mass is 19.1. The second kappa shape index (κ2) is 12.8. The van der Waals surface area contributed by atoms with Crippen LogP contribution in [0.15, 0.2) is 72.8 Å². The van der Waals surface area contributed by atoms with Gasteiger partial charge in [-0.05, 0) is 31.0 Å². The van der Waals surface area contributed by atoms with Crippen LogP contribution in [0.5, 0.6) is 0 Å². The maximum Gasteiger partial charge on any atom is 0.148 e. The number of hydrogen-bond donors (Lipinski definition) is 3. The Morgan fingerprint density at radius 3 is 2.22 bits per heavy atom. The van der Waals surface area contributed by atoms with E-state index in [2.05, 4.69) is 17.2 Å². The minimum absolute atomic E-state index is 0.0495. The van der Waals surface area contributed by atoms with Gasteiger partial charge >= 0.3 is 0 Å². The van der Waals surface area contributed by atoms with Crippen molar-refractivity contribution in [1.82, 2.24) is 0 Å². The van der Waals surface area contributed by atoms with Crippen molar-refractivity contribution < 1.29 is 19.0 Å². The van der Waals surface area contributed by atoms with Crippen molar-refractivity contribution >= 4 is 27.1 Å². The molecule has 0 saturated carbocycles. The van der Waals surface area contributed by atoms with Crippen molar-refractivity contribution in [1.29, 1.82) is 0 Å². The molecule has 0 unspecified atom stereocenters. The molecule has 0 aromatic heterocycles. The molecule has 5 nitrogen and oxygen atoms in total. The molecule has 3 aromatic rings. The smallest absolute Gasteiger partial charge is 0.148 e. The number of nitrogens with two attached hydrogens (primary N) is 1. The second-order valence-electron chi connectivity index (χ2n) is 9.40. The quantitative estimate of drug-likeness (QED) is 0.213. The summed E-state index contributed by atoms with van der Waals surface area (Å²) in [4.78, 5) is 0. The van der Waals surface area contributed by atoms with E-state index in [-0.39, 0.29) is 25.4 Å². The molecular weight excluding hydrogens is 465 g/mol. The molecule has 0 aliphatic carbocycles. The molecular formula is C29H31B2FN2O3. The third-order valence-corrected chi connectivity index (χ3v) is 5.89. The van der Waals surface area contributed by atoms with E-state index in [1.165, 1.54) is 12.1 Å². The van der Waals surface area contributed by atoms with Gasteiger partial charge < -0.3 is 25.6 Å². The molecule has 8 heteroatoms. The third-order valence-electron chi connectivity index (χ3n) is 5.89. The van der Waals surface area contributed by atoms with Crippen LogP contribution < -0.4 is 11.1 Å². The third kappa shape index (κ3) is 8.40. The Hall–Kier alpha value is -3.24. The molecule has 0 amide bonds. The summed E-state index contributed by atoms with van der Waals surface area (Å²) >= 11 is 0. The van der Waals surface area contributed by atoms with Crippen LogP contribution >= 0.6 is 0 Å². The van der Waals surface area contributed by atoms with Gasteiger partial charge in [-0.3, -0.25) is 0 Å². The number of hydrogen-bond acceptors (Lipinski definition) is 5. The van der Waals surface area contributed by atoms with E-state index in [0.29, 0.717) is 17.9 Å². The monoisotopic (exact) mass is 496 g/mol. The van der Waals surface area contributed by atoms with Crippen LogP contribution in [-0.4, -0.2) is 45.5 Å². The molecule has 37 heavy (non-hydrogen) atoms. The van der Waals surface area contributed by atoms with Gasteiger partial charge in [0.1, 0.15) is 21.5 Å². The number of aliphatic hydroxyl groups is 1. The fourth-order valence-corrected chi connectivity index (χ4v) is 3.29. The first kappa shape index (κ1) is 28.3. The summed E-state index contributed by atoms with van der Waals surface area (Å²) in [6, 6.07) is 21.9. The summed E-state index contributed by atoms with van der Waals surface area (Å²) in [5.74, 6) is 5.45. The Morgan fingerprint density at radius 1 is 1.00 bits per heavy atom. The molecule has 4 radical (unpaired) electrons. The SMILES string of the molecule is [B]C([B])(OCc1ccccc1)C(C)(C)C#Cc1cc(N)c(F)cc1NC[C@@H](O)COCc1ccccc1. The molecule has 0 aliphatic rings. The van der Waals surface area contributed by atoms with Gasteiger partial charge in [0.05, 0.1) is 37.3 Å². The first-order valence-corrected chi connectivity index (χ1v) is 12.0. The van der Waals surface area contributed by atoms with E-state index >= 15 is 0 Å². The van der Waals surface area contributed by atoms with E-state index in [1.807, 2.05) is 60.7 Å². The first-order chi connectivity index (χ1) is 17.6. The number of benzene rings is 3. The van der Waals surface area contributed by atoms with Gasteiger partial charge in [-0.1, -0.05) is 72.5 Å². The fraction of sp³-hybridized carbons (Fsp3) is 0.310. The minimum Gasteiger partial charge on any atom is -0.396 e. The molecule has 3 rings (SSSR count). The summed E-state index contributed by atoms with van der Waals surface area (Å²) in [6.45, 7) is 4.35. The lowest BCUT2D eigenvalue weighted by atomic mass is 9.51. The highest BCUT2D eigenvalue weighted by Gasteiger charge is 2.35. The molecule has 3 aromatic carbocycles. The topological polar surface area (TPSA) is 76.7 Å². The Balaban J connectivity index is 1.65. The summed E-state index contributed by atoms with van der Waals surface area (Å²) in [7, 11) is 12.6. The summed E-state index contributed by atoms with van der Waals surface area (Å²) < 4.78 is 25.6. The molecule has 1 atom stereocenters. The van der Waals surface area contributed by atoms with Gasteiger partial charge in [0.15, 0.2) is 0 Å². The van der Waals surface area contributed by atoms with Crippen LogP contribution in [0.1, 0.15) is 30.5 Å². The van der Waals surface area contributed by atoms with E-state index in [4.69, 9.17) is 30.9 Å². The van der Waals surface area contributed by atoms with Crippen LogP contribution in [-0.2, 0) is 22.7 Å². The number of rotatable bonds is 11. The highest BCUT2D eigenvalue weighted by molar-refractivity contribution is 6.39. The van der Waals surface area contributed by atoms with Crippen LogP contribution in [0.25, 0.3) is 0 Å². The van der Waals surface area contributed by atoms with Gasteiger partial charge in [0.25, 0.3) is 0 Å². The number of anilines is 2. The van der Waals surface area contributed by atoms with Crippen LogP contribution in [0.2, 0.25) is 0 Å². The number of aliphatic hydroxyl groups excluding tert-OH is 1. The number of nitrogen functional groups attached to an aromatic ring is 1. The van der Waals surface area contributed by atoms with Crippen molar-refractivity contribution in [2.45, 2.75) is 38.6 Å². The lowest BCUT2D eigenvalue weighted by Crippen LogP contribution is -2.47. The average molecular weight is 496 g/mol. The van der Waals surface area contributed by atoms with E-state index in [9.17, 15) is 9.50 Å². The normalized spacial score (nSPS) is 12.4. The highest BCUT2D eigenvalue weighted by Crippen LogP contribution is 2.30. The lowest BCUT2D eigenvalue weighted by molar-refractivity contribution is 0.0104. The summed E-state index contributed by atoms with van der Waals surface area (Å²) in [6.07, 6.45) is -0.825. The summed E-state index contributed by atoms with van der Waals surface area (Å²) in [5.41, 5.74) is 7.50. The number of ether oxygens (including phenoxy) is 2. The maximum atomic E-state index is 14.2. The number of nitrogens with one attached hydrogen (secondary N) is 1. The number of halogens is 1. The van der Waals surface area contributed by atoms with Crippen molar-refractivity contribution in [3.05, 3.63) is 95.3 Å². The van der Waals surface area contributed by atoms with Gasteiger partial charge in [-0.2, -0.15) is 0 Å². The van der Waals surface area contributed by atoms with Gasteiger partial charge in [0, 0.05) is 29.0 Å². The van der Waals surface area contributed by atoms with Crippen LogP contribution in [0.4, 0.5) is 15.8 Å². The molecule has 0 spiro atoms. The van der Waals surface area contributed by atoms with E-state index < -0.39 is 22.7 Å². The zero-order valence-electron chi connectivity index (χ0n) is 21.2. The molecule has 4 N–H and O–H groups in total. The Morgan fingerprint density at radius 2 is 1.59 bits per heavy atom. The largest absolute Gasteiger partial charge is 0.396 e. The molecule has 0 heterocycles. The van der Waals surface area contributed by atoms with Gasteiger partial charge in [0.2, 0.25) is 0 Å². The Kier molecular flexibility index (Phi) is 9.82. The van der Waals surface area contributed by atoms with Crippen molar-refractivity contribution in [2.24, 2.45) is 5.41 Å². The molecule has 188 valence electrons. The van der Waals surface area contributed by atoms with Crippen molar-refractivity contribution in [2.75, 3.05) is 24.2 Å². The Bertz CT molecular complexity index is 1210. The second-order valence-corrected chi connectivity index (χ2v) is 9.40. The lowest BCUT2D eigenvalue weighted by Gasteiger charge is -2.39. The molecule has 0 bridgehead atoms. The predicted octanol–water partition coefficient (Wildman–Crippen LogP) is 3.98. The zero-order valence-corrected chi connectivity index (χ0v) is 21.2. The summed E-state index contributed by atoms with van der Waals surface area (Å²) in [5, 5.41) is 11.8. The zero-order chi connectivity index (χ0) is 26.9. The first-order valence-electron chi connectivity index (χ1n) is 12.0. The van der Waals surface area contributed by atoms with E-state index in [0.717, 1.165) is 11.1 Å². The van der Waals surface area contributed by atoms with E-state index in [1.54, 1.807) is 13.8 Å². The van der Waals surface area contributed by atoms with Crippen LogP contribution in [0.3, 0.4) is 0 Å². The maximum absolute atomic E-state index is 14.2. The van der Waals surface area contributed by atoms with Crippen molar-refractivity contribution in [3.8, 4) is 11.8 Å². The standard InChI is InChI=1S/C29H31B2FN2O3/c1-28(2,29(30,31)37-19-22-11-7-4-8-12-22)14-13-23-15-26(33)25(32)16-27(23)34-17-24(35)20-36-18-21-9-5-3-6-10-21/h3-12,15-16,24,34-35H,17-20,33H2,1-2H3/t24-/m1/s1. The molecule has 0 aliphatic heterocycles. The van der Waals surface area contributed by atoms with Crippen molar-refractivity contribution in [3.63, 3.8) is 0 Å². The van der Waals surface area contributed by atoms with Crippen LogP contribution in [0, 0.1) is 23.1 Å². The predicted molar refractivity (Wildman–Crippen MR) is 148 cm³/mol. The Labute approximate surface area is 221 Å². The molecule has 0 saturated heterocycles. The molecule has 0 fully saturated rings.